The van der Waals surface area contributed by atoms with Gasteiger partial charge in [-0.15, -0.1) is 0 Å². The quantitative estimate of drug-likeness (QED) is 0.881. The minimum atomic E-state index is 0.102. The lowest BCUT2D eigenvalue weighted by Crippen LogP contribution is -2.52. The van der Waals surface area contributed by atoms with Crippen molar-refractivity contribution in [2.45, 2.75) is 50.6 Å². The Hall–Kier alpha value is -1.55. The number of piperidine rings is 1. The summed E-state index contributed by atoms with van der Waals surface area (Å²) in [7, 11) is 0. The topological polar surface area (TPSA) is 44.4 Å². The number of amides is 1. The van der Waals surface area contributed by atoms with Crippen molar-refractivity contribution in [1.29, 1.82) is 0 Å². The van der Waals surface area contributed by atoms with Gasteiger partial charge in [0, 0.05) is 18.6 Å². The lowest BCUT2D eigenvalue weighted by Gasteiger charge is -2.37. The van der Waals surface area contributed by atoms with Crippen LogP contribution >= 0.6 is 0 Å². The molecule has 2 saturated heterocycles. The second kappa shape index (κ2) is 5.92. The molecule has 1 aromatic rings. The van der Waals surface area contributed by atoms with Gasteiger partial charge in [0.05, 0.1) is 11.3 Å². The number of hydrogen-bond acceptors (Lipinski definition) is 3. The molecule has 4 heteroatoms. The molecule has 0 spiro atoms. The van der Waals surface area contributed by atoms with Crippen molar-refractivity contribution in [3.63, 3.8) is 0 Å². The molecule has 4 rings (SSSR count). The minimum absolute atomic E-state index is 0.102. The number of hydrogen-bond donors (Lipinski definition) is 2. The summed E-state index contributed by atoms with van der Waals surface area (Å²) in [5.41, 5.74) is 3.17. The van der Waals surface area contributed by atoms with E-state index >= 15 is 0 Å². The highest BCUT2D eigenvalue weighted by molar-refractivity contribution is 6.00. The second-order valence-electron chi connectivity index (χ2n) is 6.84. The summed E-state index contributed by atoms with van der Waals surface area (Å²) >= 11 is 0. The molecule has 0 radical (unpaired) electrons. The van der Waals surface area contributed by atoms with Gasteiger partial charge in [0.1, 0.15) is 0 Å². The fraction of sp³-hybridized carbons (Fsp3) is 0.611. The molecule has 0 aromatic heterocycles. The molecule has 22 heavy (non-hydrogen) atoms. The summed E-state index contributed by atoms with van der Waals surface area (Å²) in [4.78, 5) is 15.4. The summed E-state index contributed by atoms with van der Waals surface area (Å²) in [6.45, 7) is 3.38. The van der Waals surface area contributed by atoms with E-state index in [1.807, 2.05) is 12.1 Å². The van der Waals surface area contributed by atoms with E-state index < -0.39 is 0 Å². The predicted octanol–water partition coefficient (Wildman–Crippen LogP) is 2.40. The molecule has 0 aliphatic carbocycles. The maximum absolute atomic E-state index is 12.8. The Balaban J connectivity index is 1.52. The molecule has 1 aromatic carbocycles. The zero-order chi connectivity index (χ0) is 14.9. The van der Waals surface area contributed by atoms with Crippen LogP contribution in [0.3, 0.4) is 0 Å². The monoisotopic (exact) mass is 299 g/mol. The number of fused-ring (bicyclic) bond motifs is 2. The van der Waals surface area contributed by atoms with Crippen molar-refractivity contribution in [3.8, 4) is 0 Å². The average Bonchev–Trinajstić information content (AvgIpc) is 3.04. The summed E-state index contributed by atoms with van der Waals surface area (Å²) in [5.74, 6) is 0.102. The fourth-order valence-electron chi connectivity index (χ4n) is 4.41. The van der Waals surface area contributed by atoms with E-state index in [1.165, 1.54) is 37.9 Å². The zero-order valence-corrected chi connectivity index (χ0v) is 13.1. The van der Waals surface area contributed by atoms with Gasteiger partial charge >= 0.3 is 0 Å². The molecule has 0 bridgehead atoms. The van der Waals surface area contributed by atoms with Gasteiger partial charge in [-0.05, 0) is 63.2 Å². The zero-order valence-electron chi connectivity index (χ0n) is 13.1. The first-order chi connectivity index (χ1) is 10.8. The van der Waals surface area contributed by atoms with Crippen molar-refractivity contribution in [1.82, 2.24) is 10.2 Å². The van der Waals surface area contributed by atoms with E-state index in [1.54, 1.807) is 0 Å². The van der Waals surface area contributed by atoms with Gasteiger partial charge in [0.25, 0.3) is 5.91 Å². The molecule has 0 saturated carbocycles. The number of para-hydroxylation sites is 1. The predicted molar refractivity (Wildman–Crippen MR) is 88.3 cm³/mol. The number of nitrogens with one attached hydrogen (secondary N) is 2. The first kappa shape index (κ1) is 14.1. The molecule has 118 valence electrons. The molecule has 3 heterocycles. The van der Waals surface area contributed by atoms with E-state index in [0.717, 1.165) is 37.1 Å². The SMILES string of the molecule is O=C(N[C@H]1CCCN2CCC[C@@H]12)c1cccc2c1NCCC2. The molecule has 1 amide bonds. The molecule has 4 nitrogen and oxygen atoms in total. The Kier molecular flexibility index (Phi) is 3.78. The van der Waals surface area contributed by atoms with Crippen LogP contribution in [0.1, 0.15) is 48.0 Å². The highest BCUT2D eigenvalue weighted by atomic mass is 16.1. The second-order valence-corrected chi connectivity index (χ2v) is 6.84. The van der Waals surface area contributed by atoms with E-state index in [-0.39, 0.29) is 5.91 Å². The maximum atomic E-state index is 12.8. The van der Waals surface area contributed by atoms with Crippen LogP contribution in [0.5, 0.6) is 0 Å². The van der Waals surface area contributed by atoms with E-state index in [4.69, 9.17) is 0 Å². The normalized spacial score (nSPS) is 27.6. The fourth-order valence-corrected chi connectivity index (χ4v) is 4.41. The van der Waals surface area contributed by atoms with Crippen LogP contribution in [-0.4, -0.2) is 42.5 Å². The van der Waals surface area contributed by atoms with Crippen molar-refractivity contribution in [2.75, 3.05) is 25.0 Å². The van der Waals surface area contributed by atoms with Gasteiger partial charge in [-0.25, -0.2) is 0 Å². The number of rotatable bonds is 2. The van der Waals surface area contributed by atoms with Crippen molar-refractivity contribution in [3.05, 3.63) is 29.3 Å². The van der Waals surface area contributed by atoms with Gasteiger partial charge < -0.3 is 10.6 Å². The summed E-state index contributed by atoms with van der Waals surface area (Å²) in [5, 5.41) is 6.76. The van der Waals surface area contributed by atoms with E-state index in [2.05, 4.69) is 21.6 Å². The Labute approximate surface area is 132 Å². The number of nitrogens with zero attached hydrogens (tertiary/aromatic N) is 1. The van der Waals surface area contributed by atoms with Gasteiger partial charge in [0.15, 0.2) is 0 Å². The van der Waals surface area contributed by atoms with Crippen LogP contribution in [0, 0.1) is 0 Å². The third-order valence-corrected chi connectivity index (χ3v) is 5.48. The van der Waals surface area contributed by atoms with Crippen molar-refractivity contribution in [2.24, 2.45) is 0 Å². The number of anilines is 1. The standard InChI is InChI=1S/C18H25N3O/c22-18(14-7-1-5-13-6-2-10-19-17(13)14)20-15-8-3-11-21-12-4-9-16(15)21/h1,5,7,15-16,19H,2-4,6,8-12H2,(H,20,22)/t15-,16-/m0/s1. The van der Waals surface area contributed by atoms with Crippen LogP contribution in [0.2, 0.25) is 0 Å². The molecule has 2 fully saturated rings. The summed E-state index contributed by atoms with van der Waals surface area (Å²) in [6, 6.07) is 7.00. The molecule has 3 aliphatic rings. The number of aryl methyl sites for hydroxylation is 1. The summed E-state index contributed by atoms with van der Waals surface area (Å²) < 4.78 is 0. The van der Waals surface area contributed by atoms with E-state index in [0.29, 0.717) is 12.1 Å². The highest BCUT2D eigenvalue weighted by Gasteiger charge is 2.35. The minimum Gasteiger partial charge on any atom is -0.384 e. The lowest BCUT2D eigenvalue weighted by atomic mass is 9.95. The number of carbonyl (C=O) groups is 1. The van der Waals surface area contributed by atoms with Crippen LogP contribution in [0.25, 0.3) is 0 Å². The maximum Gasteiger partial charge on any atom is 0.253 e. The summed E-state index contributed by atoms with van der Waals surface area (Å²) in [6.07, 6.45) is 7.05. The molecular weight excluding hydrogens is 274 g/mol. The van der Waals surface area contributed by atoms with Gasteiger partial charge in [-0.3, -0.25) is 9.69 Å². The Morgan fingerprint density at radius 1 is 1.18 bits per heavy atom. The molecule has 0 unspecified atom stereocenters. The van der Waals surface area contributed by atoms with Gasteiger partial charge in [-0.1, -0.05) is 12.1 Å². The Morgan fingerprint density at radius 2 is 2.05 bits per heavy atom. The average molecular weight is 299 g/mol. The van der Waals surface area contributed by atoms with Crippen molar-refractivity contribution >= 4 is 11.6 Å². The van der Waals surface area contributed by atoms with Crippen LogP contribution in [0.4, 0.5) is 5.69 Å². The molecular formula is C18H25N3O. The molecule has 2 atom stereocenters. The molecule has 3 aliphatic heterocycles. The van der Waals surface area contributed by atoms with Crippen molar-refractivity contribution < 1.29 is 4.79 Å². The highest BCUT2D eigenvalue weighted by Crippen LogP contribution is 2.29. The largest absolute Gasteiger partial charge is 0.384 e. The molecule has 2 N–H and O–H groups in total. The van der Waals surface area contributed by atoms with E-state index in [9.17, 15) is 4.79 Å². The first-order valence-corrected chi connectivity index (χ1v) is 8.73. The first-order valence-electron chi connectivity index (χ1n) is 8.73. The van der Waals surface area contributed by atoms with Crippen LogP contribution in [-0.2, 0) is 6.42 Å². The van der Waals surface area contributed by atoms with Crippen LogP contribution < -0.4 is 10.6 Å². The van der Waals surface area contributed by atoms with Crippen LogP contribution in [0.15, 0.2) is 18.2 Å². The smallest absolute Gasteiger partial charge is 0.253 e. The third kappa shape index (κ3) is 2.50. The van der Waals surface area contributed by atoms with Gasteiger partial charge in [-0.2, -0.15) is 0 Å². The lowest BCUT2D eigenvalue weighted by molar-refractivity contribution is 0.0868. The number of benzene rings is 1. The Morgan fingerprint density at radius 3 is 2.95 bits per heavy atom. The van der Waals surface area contributed by atoms with Gasteiger partial charge in [0.2, 0.25) is 0 Å². The Bertz CT molecular complexity index is 571. The third-order valence-electron chi connectivity index (χ3n) is 5.48. The number of carbonyl (C=O) groups excluding carboxylic acids is 1.